The van der Waals surface area contributed by atoms with Crippen LogP contribution >= 0.6 is 23.5 Å². The lowest BCUT2D eigenvalue weighted by Gasteiger charge is -2.13. The van der Waals surface area contributed by atoms with Crippen molar-refractivity contribution in [3.05, 3.63) is 81.2 Å². The minimum atomic E-state index is -0.445. The van der Waals surface area contributed by atoms with Gasteiger partial charge in [0.15, 0.2) is 6.61 Å². The van der Waals surface area contributed by atoms with Gasteiger partial charge in [-0.3, -0.25) is 14.9 Å². The molecule has 2 aromatic carbocycles. The molecule has 188 valence electrons. The van der Waals surface area contributed by atoms with E-state index in [-0.39, 0.29) is 18.2 Å². The summed E-state index contributed by atoms with van der Waals surface area (Å²) < 4.78 is 13.3. The van der Waals surface area contributed by atoms with Crippen LogP contribution in [0.5, 0.6) is 11.5 Å². The molecular weight excluding hydrogens is 500 g/mol. The molecule has 1 aliphatic heterocycles. The molecular formula is C25H26N4O5S2. The van der Waals surface area contributed by atoms with Gasteiger partial charge in [0.1, 0.15) is 11.5 Å². The van der Waals surface area contributed by atoms with Crippen molar-refractivity contribution in [3.63, 3.8) is 0 Å². The van der Waals surface area contributed by atoms with Crippen LogP contribution in [0.25, 0.3) is 5.69 Å². The van der Waals surface area contributed by atoms with Gasteiger partial charge in [0.25, 0.3) is 11.6 Å². The van der Waals surface area contributed by atoms with Crippen molar-refractivity contribution in [1.82, 2.24) is 9.99 Å². The van der Waals surface area contributed by atoms with Gasteiger partial charge in [0, 0.05) is 40.6 Å². The van der Waals surface area contributed by atoms with Crippen LogP contribution in [-0.4, -0.2) is 46.8 Å². The van der Waals surface area contributed by atoms with E-state index in [9.17, 15) is 14.9 Å². The van der Waals surface area contributed by atoms with Gasteiger partial charge in [0.05, 0.1) is 28.5 Å². The molecule has 2 heterocycles. The highest BCUT2D eigenvalue weighted by atomic mass is 32.2. The molecule has 0 radical (unpaired) electrons. The van der Waals surface area contributed by atoms with E-state index >= 15 is 0 Å². The SMILES string of the molecule is COc1ccc([N+](=O)[O-])cc1-n1c(C)cc(/C=N\NC(=O)COc2ccc(C3SCCS3)cc2)c1C. The van der Waals surface area contributed by atoms with Crippen LogP contribution in [0.1, 0.15) is 27.1 Å². The van der Waals surface area contributed by atoms with Crippen molar-refractivity contribution < 1.29 is 19.2 Å². The van der Waals surface area contributed by atoms with Gasteiger partial charge in [-0.2, -0.15) is 5.10 Å². The molecule has 36 heavy (non-hydrogen) atoms. The van der Waals surface area contributed by atoms with Gasteiger partial charge in [-0.05, 0) is 43.7 Å². The first kappa shape index (κ1) is 25.6. The molecule has 0 unspecified atom stereocenters. The maximum absolute atomic E-state index is 12.2. The fourth-order valence-electron chi connectivity index (χ4n) is 3.88. The number of aryl methyl sites for hydroxylation is 1. The Morgan fingerprint density at radius 1 is 1.19 bits per heavy atom. The highest BCUT2D eigenvalue weighted by Gasteiger charge is 2.19. The standard InChI is InChI=1S/C25H26N4O5S2/c1-16-12-19(17(2)28(16)22-13-20(29(31)32)6-9-23(22)33-3)14-26-27-24(30)15-34-21-7-4-18(5-8-21)25-35-10-11-36-25/h4-9,12-14,25H,10-11,15H2,1-3H3,(H,27,30)/b26-14-. The molecule has 1 saturated heterocycles. The summed E-state index contributed by atoms with van der Waals surface area (Å²) in [6, 6.07) is 14.1. The third kappa shape index (κ3) is 5.85. The van der Waals surface area contributed by atoms with E-state index in [0.29, 0.717) is 21.8 Å². The molecule has 0 bridgehead atoms. The van der Waals surface area contributed by atoms with E-state index in [0.717, 1.165) is 17.0 Å². The summed E-state index contributed by atoms with van der Waals surface area (Å²) in [4.78, 5) is 23.0. The average Bonchev–Trinajstić information content (AvgIpc) is 3.51. The Labute approximate surface area is 217 Å². The molecule has 1 amide bonds. The van der Waals surface area contributed by atoms with E-state index in [1.165, 1.54) is 42.5 Å². The molecule has 0 saturated carbocycles. The Balaban J connectivity index is 1.38. The third-order valence-corrected chi connectivity index (χ3v) is 8.73. The Morgan fingerprint density at radius 2 is 1.92 bits per heavy atom. The first-order valence-corrected chi connectivity index (χ1v) is 13.3. The normalized spacial score (nSPS) is 13.8. The zero-order chi connectivity index (χ0) is 25.7. The molecule has 1 fully saturated rings. The highest BCUT2D eigenvalue weighted by Crippen LogP contribution is 2.45. The smallest absolute Gasteiger partial charge is 0.277 e. The second kappa shape index (κ2) is 11.5. The van der Waals surface area contributed by atoms with Gasteiger partial charge in [-0.1, -0.05) is 12.1 Å². The fraction of sp³-hybridized carbons (Fsp3) is 0.280. The number of benzene rings is 2. The number of thioether (sulfide) groups is 2. The number of hydrogen-bond donors (Lipinski definition) is 1. The second-order valence-electron chi connectivity index (χ2n) is 8.00. The lowest BCUT2D eigenvalue weighted by atomic mass is 10.2. The van der Waals surface area contributed by atoms with Crippen molar-refractivity contribution in [1.29, 1.82) is 0 Å². The number of amides is 1. The van der Waals surface area contributed by atoms with Gasteiger partial charge >= 0.3 is 0 Å². The predicted molar refractivity (Wildman–Crippen MR) is 144 cm³/mol. The average molecular weight is 527 g/mol. The first-order valence-electron chi connectivity index (χ1n) is 11.2. The Kier molecular flexibility index (Phi) is 8.21. The zero-order valence-electron chi connectivity index (χ0n) is 20.1. The van der Waals surface area contributed by atoms with Crippen molar-refractivity contribution in [2.45, 2.75) is 18.4 Å². The number of methoxy groups -OCH3 is 1. The van der Waals surface area contributed by atoms with E-state index in [4.69, 9.17) is 9.47 Å². The number of nitro groups is 1. The number of carbonyl (C=O) groups excluding carboxylic acids is 1. The maximum Gasteiger partial charge on any atom is 0.277 e. The molecule has 0 aliphatic carbocycles. The monoisotopic (exact) mass is 526 g/mol. The number of aromatic nitrogens is 1. The van der Waals surface area contributed by atoms with Gasteiger partial charge < -0.3 is 14.0 Å². The van der Waals surface area contributed by atoms with E-state index in [1.54, 1.807) is 6.07 Å². The van der Waals surface area contributed by atoms with Crippen molar-refractivity contribution >= 4 is 41.3 Å². The first-order chi connectivity index (χ1) is 17.4. The topological polar surface area (TPSA) is 108 Å². The maximum atomic E-state index is 12.2. The summed E-state index contributed by atoms with van der Waals surface area (Å²) in [5.74, 6) is 3.08. The van der Waals surface area contributed by atoms with Crippen LogP contribution < -0.4 is 14.9 Å². The Morgan fingerprint density at radius 3 is 2.58 bits per heavy atom. The number of ether oxygens (including phenoxy) is 2. The number of nitro benzene ring substituents is 1. The van der Waals surface area contributed by atoms with Crippen LogP contribution in [0.15, 0.2) is 53.6 Å². The highest BCUT2D eigenvalue weighted by molar-refractivity contribution is 8.19. The van der Waals surface area contributed by atoms with Crippen molar-refractivity contribution in [3.8, 4) is 17.2 Å². The molecule has 1 aromatic heterocycles. The molecule has 11 heteroatoms. The van der Waals surface area contributed by atoms with Crippen LogP contribution in [0, 0.1) is 24.0 Å². The van der Waals surface area contributed by atoms with Crippen LogP contribution in [0.2, 0.25) is 0 Å². The number of nitrogens with zero attached hydrogens (tertiary/aromatic N) is 3. The summed E-state index contributed by atoms with van der Waals surface area (Å²) in [6.45, 7) is 3.59. The Bertz CT molecular complexity index is 1280. The number of hydrazone groups is 1. The summed E-state index contributed by atoms with van der Waals surface area (Å²) >= 11 is 3.88. The van der Waals surface area contributed by atoms with E-state index in [1.807, 2.05) is 72.3 Å². The van der Waals surface area contributed by atoms with E-state index in [2.05, 4.69) is 10.5 Å². The summed E-state index contributed by atoms with van der Waals surface area (Å²) in [5, 5.41) is 15.3. The lowest BCUT2D eigenvalue weighted by molar-refractivity contribution is -0.384. The largest absolute Gasteiger partial charge is 0.495 e. The minimum Gasteiger partial charge on any atom is -0.495 e. The number of non-ortho nitro benzene ring substituents is 1. The number of hydrogen-bond acceptors (Lipinski definition) is 8. The summed E-state index contributed by atoms with van der Waals surface area (Å²) in [5.41, 5.74) is 6.62. The summed E-state index contributed by atoms with van der Waals surface area (Å²) in [6.07, 6.45) is 1.53. The zero-order valence-corrected chi connectivity index (χ0v) is 21.7. The molecule has 0 atom stereocenters. The number of carbonyl (C=O) groups is 1. The summed E-state index contributed by atoms with van der Waals surface area (Å²) in [7, 11) is 1.51. The number of rotatable bonds is 9. The second-order valence-corrected chi connectivity index (χ2v) is 10.7. The van der Waals surface area contributed by atoms with Crippen LogP contribution in [0.4, 0.5) is 5.69 Å². The molecule has 9 nitrogen and oxygen atoms in total. The van der Waals surface area contributed by atoms with Crippen molar-refractivity contribution in [2.75, 3.05) is 25.2 Å². The van der Waals surface area contributed by atoms with Crippen molar-refractivity contribution in [2.24, 2.45) is 5.10 Å². The van der Waals surface area contributed by atoms with Gasteiger partial charge in [-0.25, -0.2) is 5.43 Å². The molecule has 1 aliphatic rings. The fourth-order valence-corrected chi connectivity index (χ4v) is 6.74. The predicted octanol–water partition coefficient (Wildman–Crippen LogP) is 5.02. The quantitative estimate of drug-likeness (QED) is 0.237. The lowest BCUT2D eigenvalue weighted by Crippen LogP contribution is -2.24. The van der Waals surface area contributed by atoms with Crippen LogP contribution in [-0.2, 0) is 4.79 Å². The number of nitrogens with one attached hydrogen (secondary N) is 1. The third-order valence-electron chi connectivity index (χ3n) is 5.62. The van der Waals surface area contributed by atoms with Gasteiger partial charge in [0.2, 0.25) is 0 Å². The molecule has 3 aromatic rings. The molecule has 4 rings (SSSR count). The molecule has 1 N–H and O–H groups in total. The molecule has 0 spiro atoms. The Hall–Kier alpha value is -3.44. The minimum absolute atomic E-state index is 0.0354. The van der Waals surface area contributed by atoms with Crippen LogP contribution in [0.3, 0.4) is 0 Å². The van der Waals surface area contributed by atoms with E-state index < -0.39 is 4.92 Å². The van der Waals surface area contributed by atoms with Gasteiger partial charge in [-0.15, -0.1) is 23.5 Å².